The molecule has 0 unspecified atom stereocenters. The number of alkyl halides is 3. The number of ether oxygens (including phenoxy) is 2. The first-order chi connectivity index (χ1) is 11.8. The SMILES string of the molecule is CCOC(=O)N(N)c1ccc(OCc2cccc(C(F)(F)F)c2)cc1. The first-order valence-electron chi connectivity index (χ1n) is 7.42. The molecule has 5 nitrogen and oxygen atoms in total. The highest BCUT2D eigenvalue weighted by Gasteiger charge is 2.30. The summed E-state index contributed by atoms with van der Waals surface area (Å²) in [4.78, 5) is 11.5. The van der Waals surface area contributed by atoms with Gasteiger partial charge in [0.05, 0.1) is 17.9 Å². The number of carbonyl (C=O) groups excluding carboxylic acids is 1. The van der Waals surface area contributed by atoms with E-state index in [1.165, 1.54) is 6.07 Å². The van der Waals surface area contributed by atoms with E-state index in [-0.39, 0.29) is 13.2 Å². The lowest BCUT2D eigenvalue weighted by Gasteiger charge is -2.16. The lowest BCUT2D eigenvalue weighted by atomic mass is 10.1. The Morgan fingerprint density at radius 3 is 2.44 bits per heavy atom. The fourth-order valence-electron chi connectivity index (χ4n) is 2.01. The largest absolute Gasteiger partial charge is 0.489 e. The molecule has 0 aromatic heterocycles. The maximum Gasteiger partial charge on any atom is 0.428 e. The molecule has 25 heavy (non-hydrogen) atoms. The van der Waals surface area contributed by atoms with E-state index in [0.717, 1.165) is 17.1 Å². The number of anilines is 1. The first kappa shape index (κ1) is 18.6. The van der Waals surface area contributed by atoms with Crippen molar-refractivity contribution in [2.45, 2.75) is 19.7 Å². The molecule has 0 aliphatic rings. The quantitative estimate of drug-likeness (QED) is 0.498. The maximum absolute atomic E-state index is 12.7. The predicted octanol–water partition coefficient (Wildman–Crippen LogP) is 4.12. The molecule has 2 aromatic carbocycles. The molecule has 0 spiro atoms. The summed E-state index contributed by atoms with van der Waals surface area (Å²) < 4.78 is 48.3. The Labute approximate surface area is 142 Å². The number of hydrazine groups is 1. The number of hydrogen-bond acceptors (Lipinski definition) is 4. The Morgan fingerprint density at radius 2 is 1.84 bits per heavy atom. The van der Waals surface area contributed by atoms with Crippen molar-refractivity contribution < 1.29 is 27.4 Å². The van der Waals surface area contributed by atoms with Crippen LogP contribution in [0.1, 0.15) is 18.1 Å². The molecule has 0 aliphatic heterocycles. The second-order valence-corrected chi connectivity index (χ2v) is 5.05. The summed E-state index contributed by atoms with van der Waals surface area (Å²) in [5.41, 5.74) is 0.0629. The minimum atomic E-state index is -4.39. The van der Waals surface area contributed by atoms with Crippen molar-refractivity contribution in [2.75, 3.05) is 11.6 Å². The van der Waals surface area contributed by atoms with Gasteiger partial charge in [-0.25, -0.2) is 15.6 Å². The zero-order valence-corrected chi connectivity index (χ0v) is 13.4. The number of hydrogen-bond donors (Lipinski definition) is 1. The highest BCUT2D eigenvalue weighted by atomic mass is 19.4. The summed E-state index contributed by atoms with van der Waals surface area (Å²) in [6.07, 6.45) is -5.09. The van der Waals surface area contributed by atoms with Crippen LogP contribution in [0, 0.1) is 0 Å². The van der Waals surface area contributed by atoms with Crippen molar-refractivity contribution >= 4 is 11.8 Å². The minimum Gasteiger partial charge on any atom is -0.489 e. The standard InChI is InChI=1S/C17H17F3N2O3/c1-2-24-16(23)22(21)14-6-8-15(9-7-14)25-11-12-4-3-5-13(10-12)17(18,19)20/h3-10H,2,11,21H2,1H3. The molecule has 0 aliphatic carbocycles. The van der Waals surface area contributed by atoms with Gasteiger partial charge in [0.25, 0.3) is 0 Å². The van der Waals surface area contributed by atoms with E-state index >= 15 is 0 Å². The molecule has 2 rings (SSSR count). The van der Waals surface area contributed by atoms with Crippen molar-refractivity contribution in [3.05, 3.63) is 59.7 Å². The molecular weight excluding hydrogens is 337 g/mol. The molecule has 0 saturated heterocycles. The van der Waals surface area contributed by atoms with Gasteiger partial charge in [0.1, 0.15) is 12.4 Å². The number of rotatable bonds is 5. The van der Waals surface area contributed by atoms with Crippen LogP contribution in [0.3, 0.4) is 0 Å². The lowest BCUT2D eigenvalue weighted by Crippen LogP contribution is -2.37. The normalized spacial score (nSPS) is 11.1. The second kappa shape index (κ2) is 7.89. The lowest BCUT2D eigenvalue weighted by molar-refractivity contribution is -0.137. The number of carbonyl (C=O) groups is 1. The van der Waals surface area contributed by atoms with Gasteiger partial charge in [-0.1, -0.05) is 12.1 Å². The maximum atomic E-state index is 12.7. The molecule has 0 bridgehead atoms. The molecule has 0 radical (unpaired) electrons. The number of halogens is 3. The molecule has 0 atom stereocenters. The predicted molar refractivity (Wildman–Crippen MR) is 85.9 cm³/mol. The van der Waals surface area contributed by atoms with E-state index < -0.39 is 17.8 Å². The number of nitrogens with zero attached hydrogens (tertiary/aromatic N) is 1. The van der Waals surface area contributed by atoms with Crippen LogP contribution in [0.4, 0.5) is 23.7 Å². The van der Waals surface area contributed by atoms with Gasteiger partial charge < -0.3 is 9.47 Å². The van der Waals surface area contributed by atoms with Crippen molar-refractivity contribution in [3.8, 4) is 5.75 Å². The average Bonchev–Trinajstić information content (AvgIpc) is 2.59. The minimum absolute atomic E-state index is 0.0204. The van der Waals surface area contributed by atoms with Gasteiger partial charge in [-0.2, -0.15) is 13.2 Å². The van der Waals surface area contributed by atoms with Crippen LogP contribution < -0.4 is 15.6 Å². The summed E-state index contributed by atoms with van der Waals surface area (Å²) in [6, 6.07) is 11.1. The Morgan fingerprint density at radius 1 is 1.16 bits per heavy atom. The van der Waals surface area contributed by atoms with Crippen LogP contribution in [0.15, 0.2) is 48.5 Å². The Balaban J connectivity index is 1.99. The third-order valence-corrected chi connectivity index (χ3v) is 3.24. The topological polar surface area (TPSA) is 64.8 Å². The Kier molecular flexibility index (Phi) is 5.87. The molecule has 0 saturated carbocycles. The van der Waals surface area contributed by atoms with Crippen LogP contribution in [0.2, 0.25) is 0 Å². The van der Waals surface area contributed by atoms with Gasteiger partial charge in [0, 0.05) is 0 Å². The van der Waals surface area contributed by atoms with Crippen LogP contribution in [-0.4, -0.2) is 12.7 Å². The highest BCUT2D eigenvalue weighted by molar-refractivity contribution is 5.86. The van der Waals surface area contributed by atoms with Gasteiger partial charge in [-0.05, 0) is 48.9 Å². The smallest absolute Gasteiger partial charge is 0.428 e. The molecular formula is C17H17F3N2O3. The van der Waals surface area contributed by atoms with Crippen molar-refractivity contribution in [2.24, 2.45) is 5.84 Å². The van der Waals surface area contributed by atoms with E-state index in [1.54, 1.807) is 37.3 Å². The van der Waals surface area contributed by atoms with E-state index in [9.17, 15) is 18.0 Å². The van der Waals surface area contributed by atoms with Gasteiger partial charge >= 0.3 is 12.3 Å². The van der Waals surface area contributed by atoms with Crippen LogP contribution in [0.25, 0.3) is 0 Å². The number of nitrogens with two attached hydrogens (primary N) is 1. The number of benzene rings is 2. The zero-order chi connectivity index (χ0) is 18.4. The van der Waals surface area contributed by atoms with Gasteiger partial charge in [-0.15, -0.1) is 0 Å². The van der Waals surface area contributed by atoms with Crippen molar-refractivity contribution in [3.63, 3.8) is 0 Å². The van der Waals surface area contributed by atoms with Crippen LogP contribution in [0.5, 0.6) is 5.75 Å². The van der Waals surface area contributed by atoms with E-state index in [0.29, 0.717) is 17.0 Å². The molecule has 2 aromatic rings. The van der Waals surface area contributed by atoms with Gasteiger partial charge in [0.15, 0.2) is 0 Å². The monoisotopic (exact) mass is 354 g/mol. The second-order valence-electron chi connectivity index (χ2n) is 5.05. The summed E-state index contributed by atoms with van der Waals surface area (Å²) in [5, 5.41) is 0.847. The average molecular weight is 354 g/mol. The summed E-state index contributed by atoms with van der Waals surface area (Å²) in [6.45, 7) is 1.84. The molecule has 2 N–H and O–H groups in total. The summed E-state index contributed by atoms with van der Waals surface area (Å²) in [5.74, 6) is 6.04. The third-order valence-electron chi connectivity index (χ3n) is 3.24. The molecule has 8 heteroatoms. The third kappa shape index (κ3) is 5.12. The molecule has 0 heterocycles. The van der Waals surface area contributed by atoms with E-state index in [2.05, 4.69) is 0 Å². The Hall–Kier alpha value is -2.74. The van der Waals surface area contributed by atoms with Gasteiger partial charge in [0.2, 0.25) is 0 Å². The van der Waals surface area contributed by atoms with Crippen LogP contribution in [-0.2, 0) is 17.5 Å². The molecule has 134 valence electrons. The Bertz CT molecular complexity index is 718. The van der Waals surface area contributed by atoms with Gasteiger partial charge in [-0.3, -0.25) is 0 Å². The highest BCUT2D eigenvalue weighted by Crippen LogP contribution is 2.29. The number of amides is 1. The molecule has 1 amide bonds. The zero-order valence-electron chi connectivity index (χ0n) is 13.4. The summed E-state index contributed by atoms with van der Waals surface area (Å²) >= 11 is 0. The van der Waals surface area contributed by atoms with Crippen LogP contribution >= 0.6 is 0 Å². The fraction of sp³-hybridized carbons (Fsp3) is 0.235. The molecule has 0 fully saturated rings. The van der Waals surface area contributed by atoms with Crippen molar-refractivity contribution in [1.29, 1.82) is 0 Å². The fourth-order valence-corrected chi connectivity index (χ4v) is 2.01. The summed E-state index contributed by atoms with van der Waals surface area (Å²) in [7, 11) is 0. The first-order valence-corrected chi connectivity index (χ1v) is 7.42. The van der Waals surface area contributed by atoms with E-state index in [4.69, 9.17) is 15.3 Å². The van der Waals surface area contributed by atoms with E-state index in [1.807, 2.05) is 0 Å². The van der Waals surface area contributed by atoms with Crippen molar-refractivity contribution in [1.82, 2.24) is 0 Å².